The Balaban J connectivity index is 2.08. The molecule has 1 aromatic carbocycles. The van der Waals surface area contributed by atoms with E-state index in [0.717, 1.165) is 30.9 Å². The van der Waals surface area contributed by atoms with Crippen molar-refractivity contribution in [2.75, 3.05) is 50.5 Å². The first kappa shape index (κ1) is 20.6. The zero-order valence-corrected chi connectivity index (χ0v) is 16.9. The number of carbonyl (C=O) groups is 1. The van der Waals surface area contributed by atoms with Gasteiger partial charge >= 0.3 is 0 Å². The predicted octanol–water partition coefficient (Wildman–Crippen LogP) is 2.67. The molecule has 27 heavy (non-hydrogen) atoms. The molecular weight excluding hydrogens is 340 g/mol. The summed E-state index contributed by atoms with van der Waals surface area (Å²) >= 11 is 0. The number of amides is 1. The Hall–Kier alpha value is -2.67. The van der Waals surface area contributed by atoms with Gasteiger partial charge < -0.3 is 20.4 Å². The number of carbonyl (C=O) groups excluding carboxylic acids is 1. The maximum atomic E-state index is 12.2. The summed E-state index contributed by atoms with van der Waals surface area (Å²) < 4.78 is 0. The van der Waals surface area contributed by atoms with Gasteiger partial charge in [0.15, 0.2) is 0 Å². The first-order valence-electron chi connectivity index (χ1n) is 9.32. The molecule has 2 N–H and O–H groups in total. The third-order valence-corrected chi connectivity index (χ3v) is 4.35. The number of aromatic nitrogens is 2. The molecule has 0 spiro atoms. The lowest BCUT2D eigenvalue weighted by molar-refractivity contribution is 0.0946. The van der Waals surface area contributed by atoms with Crippen molar-refractivity contribution in [3.05, 3.63) is 41.9 Å². The Morgan fingerprint density at radius 2 is 1.85 bits per heavy atom. The van der Waals surface area contributed by atoms with E-state index in [0.29, 0.717) is 18.1 Å². The van der Waals surface area contributed by atoms with Crippen LogP contribution in [0.2, 0.25) is 0 Å². The average molecular weight is 371 g/mol. The summed E-state index contributed by atoms with van der Waals surface area (Å²) in [7, 11) is 3.93. The fraction of sp³-hybridized carbons (Fsp3) is 0.450. The summed E-state index contributed by atoms with van der Waals surface area (Å²) in [6.07, 6.45) is 1.41. The highest BCUT2D eigenvalue weighted by Gasteiger charge is 2.10. The van der Waals surface area contributed by atoms with Crippen LogP contribution >= 0.6 is 0 Å². The van der Waals surface area contributed by atoms with E-state index >= 15 is 0 Å². The van der Waals surface area contributed by atoms with Crippen molar-refractivity contribution in [2.24, 2.45) is 0 Å². The average Bonchev–Trinajstić information content (AvgIpc) is 2.64. The van der Waals surface area contributed by atoms with Gasteiger partial charge in [-0.25, -0.2) is 9.97 Å². The lowest BCUT2D eigenvalue weighted by Crippen LogP contribution is -2.31. The highest BCUT2D eigenvalue weighted by molar-refractivity contribution is 5.93. The third-order valence-electron chi connectivity index (χ3n) is 4.35. The zero-order valence-electron chi connectivity index (χ0n) is 16.9. The van der Waals surface area contributed by atoms with Gasteiger partial charge in [0, 0.05) is 43.6 Å². The first-order valence-corrected chi connectivity index (χ1v) is 9.32. The molecule has 1 amide bonds. The van der Waals surface area contributed by atoms with Crippen LogP contribution in [0, 0.1) is 6.92 Å². The molecule has 146 valence electrons. The molecule has 1 aromatic heterocycles. The summed E-state index contributed by atoms with van der Waals surface area (Å²) in [5, 5.41) is 6.15. The molecule has 0 unspecified atom stereocenters. The van der Waals surface area contributed by atoms with Crippen molar-refractivity contribution in [1.29, 1.82) is 0 Å². The maximum Gasteiger partial charge on any atom is 0.270 e. The van der Waals surface area contributed by atoms with E-state index < -0.39 is 0 Å². The SMILES string of the molecule is CCN(CC)c1ccc(Nc2cc(C(=O)NCCN(C)C)ncn2)c(C)c1. The van der Waals surface area contributed by atoms with Crippen LogP contribution in [0.5, 0.6) is 0 Å². The van der Waals surface area contributed by atoms with Crippen LogP contribution < -0.4 is 15.5 Å². The first-order chi connectivity index (χ1) is 12.9. The fourth-order valence-electron chi connectivity index (χ4n) is 2.74. The smallest absolute Gasteiger partial charge is 0.270 e. The van der Waals surface area contributed by atoms with E-state index in [4.69, 9.17) is 0 Å². The van der Waals surface area contributed by atoms with Gasteiger partial charge in [0.1, 0.15) is 17.8 Å². The minimum absolute atomic E-state index is 0.198. The highest BCUT2D eigenvalue weighted by Crippen LogP contribution is 2.25. The molecule has 0 saturated heterocycles. The Morgan fingerprint density at radius 3 is 2.48 bits per heavy atom. The Bertz CT molecular complexity index is 758. The van der Waals surface area contributed by atoms with Crippen molar-refractivity contribution >= 4 is 23.1 Å². The fourth-order valence-corrected chi connectivity index (χ4v) is 2.74. The molecule has 0 aliphatic carbocycles. The molecule has 1 heterocycles. The minimum Gasteiger partial charge on any atom is -0.372 e. The predicted molar refractivity (Wildman–Crippen MR) is 111 cm³/mol. The quantitative estimate of drug-likeness (QED) is 0.707. The van der Waals surface area contributed by atoms with Gasteiger partial charge in [-0.3, -0.25) is 4.79 Å². The number of hydrogen-bond donors (Lipinski definition) is 2. The van der Waals surface area contributed by atoms with Crippen LogP contribution in [-0.4, -0.2) is 61.0 Å². The highest BCUT2D eigenvalue weighted by atomic mass is 16.1. The number of hydrogen-bond acceptors (Lipinski definition) is 6. The van der Waals surface area contributed by atoms with E-state index in [1.165, 1.54) is 12.0 Å². The molecule has 0 saturated carbocycles. The van der Waals surface area contributed by atoms with Crippen molar-refractivity contribution in [3.63, 3.8) is 0 Å². The molecule has 0 radical (unpaired) electrons. The number of rotatable bonds is 9. The summed E-state index contributed by atoms with van der Waals surface area (Å²) in [6, 6.07) is 7.97. The molecule has 7 heteroatoms. The molecule has 0 atom stereocenters. The zero-order chi connectivity index (χ0) is 19.8. The third kappa shape index (κ3) is 5.92. The topological polar surface area (TPSA) is 73.4 Å². The van der Waals surface area contributed by atoms with E-state index in [2.05, 4.69) is 58.4 Å². The number of nitrogens with one attached hydrogen (secondary N) is 2. The Morgan fingerprint density at radius 1 is 1.11 bits per heavy atom. The second-order valence-electron chi connectivity index (χ2n) is 6.64. The lowest BCUT2D eigenvalue weighted by atomic mass is 10.1. The van der Waals surface area contributed by atoms with Crippen molar-refractivity contribution < 1.29 is 4.79 Å². The molecule has 2 aromatic rings. The van der Waals surface area contributed by atoms with Gasteiger partial charge in [0.25, 0.3) is 5.91 Å². The number of benzene rings is 1. The van der Waals surface area contributed by atoms with E-state index in [-0.39, 0.29) is 5.91 Å². The summed E-state index contributed by atoms with van der Waals surface area (Å²) in [6.45, 7) is 9.66. The van der Waals surface area contributed by atoms with E-state index in [1.54, 1.807) is 6.07 Å². The van der Waals surface area contributed by atoms with Gasteiger partial charge in [0.05, 0.1) is 0 Å². The summed E-state index contributed by atoms with van der Waals surface area (Å²) in [5.74, 6) is 0.400. The maximum absolute atomic E-state index is 12.2. The number of aryl methyl sites for hydroxylation is 1. The van der Waals surface area contributed by atoms with Gasteiger partial charge in [-0.2, -0.15) is 0 Å². The molecule has 0 aliphatic heterocycles. The van der Waals surface area contributed by atoms with Crippen LogP contribution in [-0.2, 0) is 0 Å². The Labute approximate surface area is 161 Å². The molecule has 0 fully saturated rings. The van der Waals surface area contributed by atoms with Crippen LogP contribution in [0.15, 0.2) is 30.6 Å². The van der Waals surface area contributed by atoms with Gasteiger partial charge in [-0.1, -0.05) is 0 Å². The molecule has 0 aliphatic rings. The summed E-state index contributed by atoms with van der Waals surface area (Å²) in [4.78, 5) is 24.9. The second kappa shape index (κ2) is 9.87. The molecule has 7 nitrogen and oxygen atoms in total. The van der Waals surface area contributed by atoms with Crippen LogP contribution in [0.4, 0.5) is 17.2 Å². The Kier molecular flexibility index (Phi) is 7.55. The van der Waals surface area contributed by atoms with E-state index in [9.17, 15) is 4.79 Å². The molecule has 0 bridgehead atoms. The number of nitrogens with zero attached hydrogens (tertiary/aromatic N) is 4. The van der Waals surface area contributed by atoms with Crippen LogP contribution in [0.3, 0.4) is 0 Å². The van der Waals surface area contributed by atoms with Crippen molar-refractivity contribution in [2.45, 2.75) is 20.8 Å². The van der Waals surface area contributed by atoms with E-state index in [1.807, 2.05) is 25.1 Å². The van der Waals surface area contributed by atoms with Crippen molar-refractivity contribution in [1.82, 2.24) is 20.2 Å². The summed E-state index contributed by atoms with van der Waals surface area (Å²) in [5.41, 5.74) is 3.63. The normalized spacial score (nSPS) is 10.7. The van der Waals surface area contributed by atoms with Gasteiger partial charge in [-0.05, 0) is 58.6 Å². The molecular formula is C20H30N6O. The minimum atomic E-state index is -0.198. The van der Waals surface area contributed by atoms with Crippen molar-refractivity contribution in [3.8, 4) is 0 Å². The second-order valence-corrected chi connectivity index (χ2v) is 6.64. The lowest BCUT2D eigenvalue weighted by Gasteiger charge is -2.22. The number of anilines is 3. The van der Waals surface area contributed by atoms with Crippen LogP contribution in [0.25, 0.3) is 0 Å². The van der Waals surface area contributed by atoms with Crippen LogP contribution in [0.1, 0.15) is 29.9 Å². The van der Waals surface area contributed by atoms with Gasteiger partial charge in [-0.15, -0.1) is 0 Å². The standard InChI is InChI=1S/C20H30N6O/c1-6-26(7-2)16-8-9-17(15(3)12-16)24-19-13-18(22-14-23-19)20(27)21-10-11-25(4)5/h8-9,12-14H,6-7,10-11H2,1-5H3,(H,21,27)(H,22,23,24). The monoisotopic (exact) mass is 370 g/mol. The molecule has 2 rings (SSSR count). The number of likely N-dealkylation sites (N-methyl/N-ethyl adjacent to an activating group) is 1. The largest absolute Gasteiger partial charge is 0.372 e. The van der Waals surface area contributed by atoms with Gasteiger partial charge in [0.2, 0.25) is 0 Å².